The van der Waals surface area contributed by atoms with Crippen molar-refractivity contribution in [2.75, 3.05) is 5.32 Å². The van der Waals surface area contributed by atoms with Crippen LogP contribution < -0.4 is 10.9 Å². The van der Waals surface area contributed by atoms with E-state index < -0.39 is 0 Å². The number of nitrogens with one attached hydrogen (secondary N) is 1. The maximum Gasteiger partial charge on any atom is 0.262 e. The van der Waals surface area contributed by atoms with Crippen molar-refractivity contribution in [1.29, 1.82) is 0 Å². The fourth-order valence-corrected chi connectivity index (χ4v) is 5.52. The Hall–Kier alpha value is -2.07. The van der Waals surface area contributed by atoms with Gasteiger partial charge in [-0.15, -0.1) is 34.0 Å². The molecule has 0 aromatic carbocycles. The predicted octanol–water partition coefficient (Wildman–Crippen LogP) is 4.94. The summed E-state index contributed by atoms with van der Waals surface area (Å²) in [6, 6.07) is 3.72. The number of anilines is 1. The van der Waals surface area contributed by atoms with E-state index in [1.807, 2.05) is 31.4 Å². The van der Waals surface area contributed by atoms with Gasteiger partial charge < -0.3 is 5.32 Å². The number of rotatable bonds is 5. The highest BCUT2D eigenvalue weighted by Crippen LogP contribution is 2.32. The molecular weight excluding hydrogens is 436 g/mol. The first kappa shape index (κ1) is 19.3. The molecule has 1 amide bonds. The lowest BCUT2D eigenvalue weighted by Crippen LogP contribution is -2.23. The molecule has 144 valence electrons. The maximum atomic E-state index is 12.7. The molecule has 10 heteroatoms. The highest BCUT2D eigenvalue weighted by Gasteiger charge is 2.14. The van der Waals surface area contributed by atoms with Gasteiger partial charge in [0, 0.05) is 23.2 Å². The Labute approximate surface area is 177 Å². The van der Waals surface area contributed by atoms with E-state index in [0.717, 1.165) is 25.8 Å². The van der Waals surface area contributed by atoms with Crippen LogP contribution in [-0.4, -0.2) is 20.4 Å². The van der Waals surface area contributed by atoms with Gasteiger partial charge in [-0.25, -0.2) is 9.97 Å². The zero-order chi connectivity index (χ0) is 19.8. The Morgan fingerprint density at radius 1 is 1.29 bits per heavy atom. The normalized spacial score (nSPS) is 11.2. The number of thiazole rings is 1. The smallest absolute Gasteiger partial charge is 0.262 e. The van der Waals surface area contributed by atoms with Crippen molar-refractivity contribution in [3.8, 4) is 10.6 Å². The summed E-state index contributed by atoms with van der Waals surface area (Å²) in [6.45, 7) is 4.17. The number of aryl methyl sites for hydroxylation is 3. The lowest BCUT2D eigenvalue weighted by Gasteiger charge is -2.05. The summed E-state index contributed by atoms with van der Waals surface area (Å²) in [5.74, 6) is -0.199. The van der Waals surface area contributed by atoms with Gasteiger partial charge in [0.15, 0.2) is 5.13 Å². The van der Waals surface area contributed by atoms with Gasteiger partial charge in [0.1, 0.15) is 4.83 Å². The lowest BCUT2D eigenvalue weighted by atomic mass is 10.2. The summed E-state index contributed by atoms with van der Waals surface area (Å²) in [6.07, 6.45) is 1.67. The predicted molar refractivity (Wildman–Crippen MR) is 117 cm³/mol. The monoisotopic (exact) mass is 450 g/mol. The van der Waals surface area contributed by atoms with Crippen molar-refractivity contribution in [1.82, 2.24) is 14.5 Å². The van der Waals surface area contributed by atoms with Gasteiger partial charge in [-0.1, -0.05) is 11.6 Å². The maximum absolute atomic E-state index is 12.7. The van der Waals surface area contributed by atoms with E-state index in [4.69, 9.17) is 11.6 Å². The molecule has 0 spiro atoms. The van der Waals surface area contributed by atoms with Crippen LogP contribution in [0.2, 0.25) is 4.34 Å². The molecule has 0 aliphatic heterocycles. The Morgan fingerprint density at radius 3 is 2.86 bits per heavy atom. The summed E-state index contributed by atoms with van der Waals surface area (Å²) < 4.78 is 2.18. The third-order valence-corrected chi connectivity index (χ3v) is 7.44. The fraction of sp³-hybridized carbons (Fsp3) is 0.222. The molecule has 0 radical (unpaired) electrons. The number of aromatic nitrogens is 3. The van der Waals surface area contributed by atoms with E-state index >= 15 is 0 Å². The molecule has 0 atom stereocenters. The second-order valence-corrected chi connectivity index (χ2v) is 9.92. The van der Waals surface area contributed by atoms with E-state index in [9.17, 15) is 9.59 Å². The van der Waals surface area contributed by atoms with Crippen molar-refractivity contribution < 1.29 is 4.79 Å². The summed E-state index contributed by atoms with van der Waals surface area (Å²) in [4.78, 5) is 36.5. The van der Waals surface area contributed by atoms with Gasteiger partial charge >= 0.3 is 0 Å². The van der Waals surface area contributed by atoms with Gasteiger partial charge in [-0.05, 0) is 31.5 Å². The first-order valence-corrected chi connectivity index (χ1v) is 11.3. The van der Waals surface area contributed by atoms with Crippen molar-refractivity contribution in [3.63, 3.8) is 0 Å². The first-order valence-electron chi connectivity index (χ1n) is 8.38. The molecule has 0 saturated heterocycles. The number of halogens is 1. The number of carbonyl (C=O) groups excluding carboxylic acids is 1. The molecule has 4 heterocycles. The van der Waals surface area contributed by atoms with Crippen molar-refractivity contribution in [3.05, 3.63) is 49.0 Å². The minimum atomic E-state index is -0.199. The number of thiophene rings is 2. The third-order valence-electron chi connectivity index (χ3n) is 4.31. The van der Waals surface area contributed by atoms with Crippen molar-refractivity contribution in [2.24, 2.45) is 0 Å². The molecule has 0 aliphatic carbocycles. The number of nitrogens with zero attached hydrogens (tertiary/aromatic N) is 3. The molecule has 4 aromatic heterocycles. The molecule has 0 unspecified atom stereocenters. The van der Waals surface area contributed by atoms with E-state index in [1.54, 1.807) is 0 Å². The van der Waals surface area contributed by atoms with Crippen LogP contribution in [0, 0.1) is 13.8 Å². The van der Waals surface area contributed by atoms with Crippen molar-refractivity contribution >= 4 is 66.9 Å². The van der Waals surface area contributed by atoms with Gasteiger partial charge in [-0.3, -0.25) is 14.2 Å². The number of fused-ring (bicyclic) bond motifs is 1. The molecule has 4 rings (SSSR count). The minimum absolute atomic E-state index is 0.106. The molecule has 0 bridgehead atoms. The SMILES string of the molecule is Cc1sc2ncn(CCC(=O)Nc3nc(-c4ccc(Cl)s4)cs3)c(=O)c2c1C. The van der Waals surface area contributed by atoms with Crippen LogP contribution >= 0.6 is 45.6 Å². The third kappa shape index (κ3) is 3.75. The van der Waals surface area contributed by atoms with Crippen LogP contribution in [0.15, 0.2) is 28.6 Å². The van der Waals surface area contributed by atoms with Gasteiger partial charge in [0.25, 0.3) is 5.56 Å². The zero-order valence-electron chi connectivity index (χ0n) is 15.0. The van der Waals surface area contributed by atoms with Crippen LogP contribution in [0.5, 0.6) is 0 Å². The Bertz CT molecular complexity index is 1240. The van der Waals surface area contributed by atoms with Gasteiger partial charge in [-0.2, -0.15) is 0 Å². The van der Waals surface area contributed by atoms with E-state index in [-0.39, 0.29) is 24.4 Å². The first-order chi connectivity index (χ1) is 13.4. The molecule has 0 saturated carbocycles. The van der Waals surface area contributed by atoms with Crippen LogP contribution in [0.25, 0.3) is 20.8 Å². The van der Waals surface area contributed by atoms with Crippen LogP contribution in [0.1, 0.15) is 16.9 Å². The molecule has 28 heavy (non-hydrogen) atoms. The number of hydrogen-bond acceptors (Lipinski definition) is 7. The van der Waals surface area contributed by atoms with Gasteiger partial charge in [0.05, 0.1) is 26.6 Å². The Morgan fingerprint density at radius 2 is 2.11 bits per heavy atom. The fourth-order valence-electron chi connectivity index (χ4n) is 2.73. The summed E-state index contributed by atoms with van der Waals surface area (Å²) in [5, 5.41) is 5.83. The van der Waals surface area contributed by atoms with E-state index in [1.165, 1.54) is 44.9 Å². The molecule has 0 aliphatic rings. The Balaban J connectivity index is 1.43. The van der Waals surface area contributed by atoms with Crippen LogP contribution in [0.3, 0.4) is 0 Å². The average molecular weight is 451 g/mol. The van der Waals surface area contributed by atoms with Crippen molar-refractivity contribution in [2.45, 2.75) is 26.8 Å². The molecular formula is C18H15ClN4O2S3. The number of amides is 1. The molecule has 1 N–H and O–H groups in total. The number of carbonyl (C=O) groups is 1. The highest BCUT2D eigenvalue weighted by molar-refractivity contribution is 7.20. The standard InChI is InChI=1S/C18H15ClN4O2S3/c1-9-10(2)27-16-15(9)17(25)23(8-20-16)6-5-14(24)22-18-21-11(7-26-18)12-3-4-13(19)28-12/h3-4,7-8H,5-6H2,1-2H3,(H,21,22,24). The second-order valence-electron chi connectivity index (χ2n) is 6.15. The quantitative estimate of drug-likeness (QED) is 0.467. The van der Waals surface area contributed by atoms with E-state index in [2.05, 4.69) is 15.3 Å². The summed E-state index contributed by atoms with van der Waals surface area (Å²) in [5.41, 5.74) is 1.64. The lowest BCUT2D eigenvalue weighted by molar-refractivity contribution is -0.116. The zero-order valence-corrected chi connectivity index (χ0v) is 18.2. The minimum Gasteiger partial charge on any atom is -0.302 e. The summed E-state index contributed by atoms with van der Waals surface area (Å²) in [7, 11) is 0. The second kappa shape index (κ2) is 7.75. The molecule has 6 nitrogen and oxygen atoms in total. The highest BCUT2D eigenvalue weighted by atomic mass is 35.5. The molecule has 0 fully saturated rings. The summed E-state index contributed by atoms with van der Waals surface area (Å²) >= 11 is 10.3. The van der Waals surface area contributed by atoms with Crippen LogP contribution in [0.4, 0.5) is 5.13 Å². The average Bonchev–Trinajstić information content (AvgIpc) is 3.35. The Kier molecular flexibility index (Phi) is 5.33. The van der Waals surface area contributed by atoms with Crippen LogP contribution in [-0.2, 0) is 11.3 Å². The number of hydrogen-bond donors (Lipinski definition) is 1. The van der Waals surface area contributed by atoms with E-state index in [0.29, 0.717) is 14.9 Å². The molecule has 4 aromatic rings. The topological polar surface area (TPSA) is 76.9 Å². The largest absolute Gasteiger partial charge is 0.302 e. The van der Waals surface area contributed by atoms with Gasteiger partial charge in [0.2, 0.25) is 5.91 Å².